The minimum atomic E-state index is -6.37. The first kappa shape index (κ1) is 31.9. The highest BCUT2D eigenvalue weighted by Gasteiger charge is 2.57. The SMILES string of the molecule is CC(C)(CC(O)(Cc1cc(C(F)(F)F)cc(Cl)c1F)C(F)(F)F)c1cc(F)ccc1OS(=O)(=O)C(F)(F)F. The molecular formula is C21H16ClF11O4S. The molecule has 17 heteroatoms. The zero-order chi connectivity index (χ0) is 29.7. The van der Waals surface area contributed by atoms with E-state index in [-0.39, 0.29) is 12.1 Å². The van der Waals surface area contributed by atoms with E-state index in [1.165, 1.54) is 0 Å². The highest BCUT2D eigenvalue weighted by atomic mass is 35.5. The zero-order valence-electron chi connectivity index (χ0n) is 18.9. The lowest BCUT2D eigenvalue weighted by atomic mass is 9.72. The molecule has 0 radical (unpaired) electrons. The third-order valence-electron chi connectivity index (χ3n) is 5.33. The van der Waals surface area contributed by atoms with Crippen molar-refractivity contribution in [2.75, 3.05) is 0 Å². The molecule has 1 unspecified atom stereocenters. The molecule has 214 valence electrons. The predicted molar refractivity (Wildman–Crippen MR) is 111 cm³/mol. The van der Waals surface area contributed by atoms with Gasteiger partial charge in [0.25, 0.3) is 0 Å². The Bertz CT molecular complexity index is 1300. The molecule has 0 fully saturated rings. The van der Waals surface area contributed by atoms with Crippen molar-refractivity contribution in [2.45, 2.75) is 55.6 Å². The Balaban J connectivity index is 2.64. The van der Waals surface area contributed by atoms with Gasteiger partial charge in [0, 0.05) is 12.0 Å². The molecule has 2 aromatic carbocycles. The maximum absolute atomic E-state index is 14.4. The molecular weight excluding hydrogens is 593 g/mol. The Hall–Kier alpha value is -2.33. The first-order chi connectivity index (χ1) is 16.8. The number of hydrogen-bond donors (Lipinski definition) is 1. The summed E-state index contributed by atoms with van der Waals surface area (Å²) >= 11 is 5.39. The minimum absolute atomic E-state index is 0.0163. The van der Waals surface area contributed by atoms with Crippen LogP contribution in [0.2, 0.25) is 5.02 Å². The van der Waals surface area contributed by atoms with Crippen molar-refractivity contribution in [3.63, 3.8) is 0 Å². The van der Waals surface area contributed by atoms with E-state index in [0.29, 0.717) is 18.2 Å². The lowest BCUT2D eigenvalue weighted by Crippen LogP contribution is -2.51. The molecule has 38 heavy (non-hydrogen) atoms. The molecule has 0 aliphatic rings. The van der Waals surface area contributed by atoms with Gasteiger partial charge in [0.15, 0.2) is 5.60 Å². The van der Waals surface area contributed by atoms with Gasteiger partial charge in [-0.1, -0.05) is 25.4 Å². The molecule has 0 aliphatic heterocycles. The average molecular weight is 609 g/mol. The quantitative estimate of drug-likeness (QED) is 0.208. The highest BCUT2D eigenvalue weighted by Crippen LogP contribution is 2.46. The topological polar surface area (TPSA) is 63.6 Å². The average Bonchev–Trinajstić information content (AvgIpc) is 2.69. The van der Waals surface area contributed by atoms with Crippen LogP contribution in [0.25, 0.3) is 0 Å². The van der Waals surface area contributed by atoms with Crippen molar-refractivity contribution in [3.05, 3.63) is 63.7 Å². The maximum Gasteiger partial charge on any atom is 0.534 e. The van der Waals surface area contributed by atoms with Gasteiger partial charge in [-0.05, 0) is 47.7 Å². The number of hydrogen-bond acceptors (Lipinski definition) is 4. The predicted octanol–water partition coefficient (Wildman–Crippen LogP) is 7.07. The van der Waals surface area contributed by atoms with Gasteiger partial charge in [-0.2, -0.15) is 47.9 Å². The van der Waals surface area contributed by atoms with Crippen LogP contribution in [0.3, 0.4) is 0 Å². The minimum Gasteiger partial charge on any atom is -0.380 e. The van der Waals surface area contributed by atoms with Crippen LogP contribution in [0, 0.1) is 11.6 Å². The van der Waals surface area contributed by atoms with Crippen LogP contribution in [0.1, 0.15) is 37.0 Å². The van der Waals surface area contributed by atoms with E-state index in [9.17, 15) is 61.8 Å². The lowest BCUT2D eigenvalue weighted by Gasteiger charge is -2.38. The van der Waals surface area contributed by atoms with Crippen LogP contribution in [0.4, 0.5) is 48.3 Å². The van der Waals surface area contributed by atoms with E-state index in [0.717, 1.165) is 13.8 Å². The van der Waals surface area contributed by atoms with Gasteiger partial charge >= 0.3 is 28.0 Å². The van der Waals surface area contributed by atoms with Crippen molar-refractivity contribution >= 4 is 21.7 Å². The van der Waals surface area contributed by atoms with Crippen molar-refractivity contribution in [3.8, 4) is 5.75 Å². The highest BCUT2D eigenvalue weighted by molar-refractivity contribution is 7.88. The molecule has 0 saturated heterocycles. The van der Waals surface area contributed by atoms with Crippen molar-refractivity contribution in [1.82, 2.24) is 0 Å². The summed E-state index contributed by atoms with van der Waals surface area (Å²) in [6.45, 7) is 1.64. The molecule has 0 amide bonds. The van der Waals surface area contributed by atoms with Gasteiger partial charge in [0.05, 0.1) is 10.6 Å². The van der Waals surface area contributed by atoms with Gasteiger partial charge in [0.2, 0.25) is 0 Å². The Labute approximate surface area is 213 Å². The summed E-state index contributed by atoms with van der Waals surface area (Å²) in [6.07, 6.45) is -14.4. The number of halogens is 12. The van der Waals surface area contributed by atoms with Gasteiger partial charge in [0.1, 0.15) is 17.4 Å². The van der Waals surface area contributed by atoms with Crippen LogP contribution < -0.4 is 4.18 Å². The summed E-state index contributed by atoms with van der Waals surface area (Å²) in [4.78, 5) is 0. The summed E-state index contributed by atoms with van der Waals surface area (Å²) in [5, 5.41) is 9.37. The third-order valence-corrected chi connectivity index (χ3v) is 6.57. The van der Waals surface area contributed by atoms with Crippen LogP contribution in [-0.2, 0) is 28.1 Å². The summed E-state index contributed by atoms with van der Waals surface area (Å²) in [7, 11) is -6.37. The Morgan fingerprint density at radius 3 is 1.95 bits per heavy atom. The molecule has 1 N–H and O–H groups in total. The fourth-order valence-corrected chi connectivity index (χ4v) is 4.33. The first-order valence-electron chi connectivity index (χ1n) is 9.96. The number of aliphatic hydroxyl groups is 1. The molecule has 0 spiro atoms. The standard InChI is InChI=1S/C21H16ClF11O4S/c1-17(2,13-7-12(23)3-4-15(13)37-38(35,36)21(31,32)33)9-18(34,20(28,29)30)8-10-5-11(19(25,26)27)6-14(22)16(10)24/h3-7,34H,8-9H2,1-2H3. The largest absolute Gasteiger partial charge is 0.534 e. The Morgan fingerprint density at radius 2 is 1.47 bits per heavy atom. The molecule has 4 nitrogen and oxygen atoms in total. The summed E-state index contributed by atoms with van der Waals surface area (Å²) < 4.78 is 175. The number of benzene rings is 2. The van der Waals surface area contributed by atoms with E-state index in [4.69, 9.17) is 11.6 Å². The second-order valence-corrected chi connectivity index (χ2v) is 10.8. The monoisotopic (exact) mass is 608 g/mol. The molecule has 0 aromatic heterocycles. The normalized spacial score (nSPS) is 15.3. The molecule has 1 atom stereocenters. The van der Waals surface area contributed by atoms with Crippen LogP contribution in [-0.4, -0.2) is 30.8 Å². The Kier molecular flexibility index (Phi) is 8.40. The van der Waals surface area contributed by atoms with Crippen LogP contribution in [0.5, 0.6) is 5.75 Å². The van der Waals surface area contributed by atoms with Crippen LogP contribution >= 0.6 is 11.6 Å². The molecule has 0 saturated carbocycles. The fraction of sp³-hybridized carbons (Fsp3) is 0.429. The summed E-state index contributed by atoms with van der Waals surface area (Å²) in [6, 6.07) is 1.26. The van der Waals surface area contributed by atoms with Gasteiger partial charge in [-0.3, -0.25) is 0 Å². The van der Waals surface area contributed by atoms with E-state index >= 15 is 0 Å². The molecule has 2 rings (SSSR count). The smallest absolute Gasteiger partial charge is 0.380 e. The van der Waals surface area contributed by atoms with E-state index in [2.05, 4.69) is 4.18 Å². The van der Waals surface area contributed by atoms with Crippen molar-refractivity contribution in [1.29, 1.82) is 0 Å². The molecule has 0 bridgehead atoms. The van der Waals surface area contributed by atoms with E-state index < -0.39 is 90.9 Å². The second-order valence-electron chi connectivity index (χ2n) is 8.82. The van der Waals surface area contributed by atoms with Gasteiger partial charge < -0.3 is 9.29 Å². The summed E-state index contributed by atoms with van der Waals surface area (Å²) in [5.41, 5.74) is -16.2. The van der Waals surface area contributed by atoms with Crippen molar-refractivity contribution < 1.29 is 66.0 Å². The van der Waals surface area contributed by atoms with Gasteiger partial charge in [-0.15, -0.1) is 0 Å². The zero-order valence-corrected chi connectivity index (χ0v) is 20.5. The van der Waals surface area contributed by atoms with E-state index in [1.54, 1.807) is 0 Å². The van der Waals surface area contributed by atoms with Crippen LogP contribution in [0.15, 0.2) is 30.3 Å². The second kappa shape index (κ2) is 10.0. The maximum atomic E-state index is 14.4. The lowest BCUT2D eigenvalue weighted by molar-refractivity contribution is -0.266. The first-order valence-corrected chi connectivity index (χ1v) is 11.7. The summed E-state index contributed by atoms with van der Waals surface area (Å²) in [5.74, 6) is -4.21. The van der Waals surface area contributed by atoms with Gasteiger partial charge in [-0.25, -0.2) is 8.78 Å². The number of alkyl halides is 9. The third kappa shape index (κ3) is 6.81. The van der Waals surface area contributed by atoms with Crippen molar-refractivity contribution in [2.24, 2.45) is 0 Å². The fourth-order valence-electron chi connectivity index (χ4n) is 3.61. The number of rotatable bonds is 7. The molecule has 0 heterocycles. The van der Waals surface area contributed by atoms with E-state index in [1.807, 2.05) is 0 Å². The molecule has 2 aromatic rings. The molecule has 0 aliphatic carbocycles. The Morgan fingerprint density at radius 1 is 0.921 bits per heavy atom.